The van der Waals surface area contributed by atoms with Crippen LogP contribution in [0.5, 0.6) is 11.5 Å². The molecule has 158 valence electrons. The first kappa shape index (κ1) is 23.2. The molecule has 1 aromatic carbocycles. The molecule has 2 rings (SSSR count). The van der Waals surface area contributed by atoms with Crippen molar-refractivity contribution >= 4 is 46.3 Å². The van der Waals surface area contributed by atoms with E-state index < -0.39 is 0 Å². The molecular weight excluding hydrogens is 410 g/mol. The second-order valence-corrected chi connectivity index (χ2v) is 8.47. The van der Waals surface area contributed by atoms with Gasteiger partial charge in [-0.05, 0) is 50.5 Å². The average molecular weight is 438 g/mol. The number of amides is 1. The maximum atomic E-state index is 12.7. The Labute approximate surface area is 181 Å². The van der Waals surface area contributed by atoms with Gasteiger partial charge in [-0.1, -0.05) is 36.5 Å². The Kier molecular flexibility index (Phi) is 8.98. The Bertz CT molecular complexity index is 791. The van der Waals surface area contributed by atoms with Gasteiger partial charge in [-0.2, -0.15) is 0 Å². The quantitative estimate of drug-likeness (QED) is 0.232. The van der Waals surface area contributed by atoms with E-state index in [4.69, 9.17) is 21.7 Å². The van der Waals surface area contributed by atoms with Crippen LogP contribution in [0.4, 0.5) is 0 Å². The minimum absolute atomic E-state index is 0.0404. The van der Waals surface area contributed by atoms with Gasteiger partial charge in [0.15, 0.2) is 11.5 Å². The zero-order valence-electron chi connectivity index (χ0n) is 17.2. The molecule has 0 spiro atoms. The van der Waals surface area contributed by atoms with Crippen LogP contribution in [-0.4, -0.2) is 48.0 Å². The lowest BCUT2D eigenvalue weighted by Crippen LogP contribution is -2.29. The zero-order valence-corrected chi connectivity index (χ0v) is 18.9. The van der Waals surface area contributed by atoms with Gasteiger partial charge in [0.05, 0.1) is 25.2 Å². The number of benzene rings is 1. The summed E-state index contributed by atoms with van der Waals surface area (Å²) in [4.78, 5) is 26.1. The van der Waals surface area contributed by atoms with Crippen LogP contribution in [0.25, 0.3) is 6.08 Å². The lowest BCUT2D eigenvalue weighted by atomic mass is 10.1. The molecule has 29 heavy (non-hydrogen) atoms. The molecule has 1 saturated heterocycles. The average Bonchev–Trinajstić information content (AvgIpc) is 2.95. The SMILES string of the molecule is COC(=O)CCCCCN1C(=O)/C(=C/c2ccc(OC(C)C)c(OC)c2)SC1=S. The van der Waals surface area contributed by atoms with Gasteiger partial charge in [-0.25, -0.2) is 0 Å². The van der Waals surface area contributed by atoms with Crippen LogP contribution in [0, 0.1) is 0 Å². The molecule has 6 nitrogen and oxygen atoms in total. The first-order valence-electron chi connectivity index (χ1n) is 9.52. The molecule has 8 heteroatoms. The van der Waals surface area contributed by atoms with Crippen molar-refractivity contribution in [3.63, 3.8) is 0 Å². The maximum Gasteiger partial charge on any atom is 0.305 e. The van der Waals surface area contributed by atoms with Crippen LogP contribution in [0.1, 0.15) is 45.1 Å². The van der Waals surface area contributed by atoms with Gasteiger partial charge in [0.25, 0.3) is 5.91 Å². The highest BCUT2D eigenvalue weighted by Crippen LogP contribution is 2.35. The summed E-state index contributed by atoms with van der Waals surface area (Å²) in [6, 6.07) is 5.57. The first-order chi connectivity index (χ1) is 13.8. The summed E-state index contributed by atoms with van der Waals surface area (Å²) < 4.78 is 16.3. The molecule has 0 N–H and O–H groups in total. The number of thiocarbonyl (C=S) groups is 1. The number of hydrogen-bond acceptors (Lipinski definition) is 7. The van der Waals surface area contributed by atoms with Crippen molar-refractivity contribution in [2.75, 3.05) is 20.8 Å². The van der Waals surface area contributed by atoms with Gasteiger partial charge in [0.1, 0.15) is 4.32 Å². The number of carbonyl (C=O) groups is 2. The van der Waals surface area contributed by atoms with E-state index in [1.165, 1.54) is 18.9 Å². The summed E-state index contributed by atoms with van der Waals surface area (Å²) in [5.74, 6) is 0.987. The van der Waals surface area contributed by atoms with Gasteiger partial charge in [-0.15, -0.1) is 0 Å². The second kappa shape index (κ2) is 11.2. The maximum absolute atomic E-state index is 12.7. The fourth-order valence-corrected chi connectivity index (χ4v) is 4.10. The minimum Gasteiger partial charge on any atom is -0.493 e. The molecule has 1 heterocycles. The standard InChI is InChI=1S/C21H27NO5S2/c1-14(2)27-16-10-9-15(12-17(16)25-3)13-18-20(24)22(21(28)29-18)11-7-5-6-8-19(23)26-4/h9-10,12-14H,5-8,11H2,1-4H3/b18-13-. The summed E-state index contributed by atoms with van der Waals surface area (Å²) in [6.45, 7) is 4.45. The van der Waals surface area contributed by atoms with E-state index in [9.17, 15) is 9.59 Å². The number of rotatable bonds is 10. The number of ether oxygens (including phenoxy) is 3. The Balaban J connectivity index is 1.99. The normalized spacial score (nSPS) is 15.3. The molecule has 1 amide bonds. The molecule has 0 unspecified atom stereocenters. The highest BCUT2D eigenvalue weighted by atomic mass is 32.2. The Morgan fingerprint density at radius 2 is 1.97 bits per heavy atom. The fraction of sp³-hybridized carbons (Fsp3) is 0.476. The van der Waals surface area contributed by atoms with E-state index in [1.807, 2.05) is 38.1 Å². The van der Waals surface area contributed by atoms with E-state index in [-0.39, 0.29) is 18.0 Å². The van der Waals surface area contributed by atoms with Crippen molar-refractivity contribution < 1.29 is 23.8 Å². The third-order valence-electron chi connectivity index (χ3n) is 4.21. The molecule has 1 aromatic rings. The third kappa shape index (κ3) is 6.75. The lowest BCUT2D eigenvalue weighted by Gasteiger charge is -2.14. The summed E-state index contributed by atoms with van der Waals surface area (Å²) in [5, 5.41) is 0. The van der Waals surface area contributed by atoms with Gasteiger partial charge in [-0.3, -0.25) is 14.5 Å². The molecule has 0 radical (unpaired) electrons. The van der Waals surface area contributed by atoms with Crippen molar-refractivity contribution in [2.45, 2.75) is 45.6 Å². The highest BCUT2D eigenvalue weighted by Gasteiger charge is 2.31. The van der Waals surface area contributed by atoms with Gasteiger partial charge >= 0.3 is 5.97 Å². The summed E-state index contributed by atoms with van der Waals surface area (Å²) in [7, 11) is 2.97. The number of carbonyl (C=O) groups excluding carboxylic acids is 2. The number of methoxy groups -OCH3 is 2. The minimum atomic E-state index is -0.209. The van der Waals surface area contributed by atoms with Crippen molar-refractivity contribution in [2.24, 2.45) is 0 Å². The van der Waals surface area contributed by atoms with Crippen LogP contribution in [0.15, 0.2) is 23.1 Å². The van der Waals surface area contributed by atoms with E-state index in [1.54, 1.807) is 12.0 Å². The molecule has 0 bridgehead atoms. The number of hydrogen-bond donors (Lipinski definition) is 0. The third-order valence-corrected chi connectivity index (χ3v) is 5.59. The van der Waals surface area contributed by atoms with E-state index in [0.717, 1.165) is 24.8 Å². The largest absolute Gasteiger partial charge is 0.493 e. The molecule has 0 saturated carbocycles. The number of unbranched alkanes of at least 4 members (excludes halogenated alkanes) is 2. The number of nitrogens with zero attached hydrogens (tertiary/aromatic N) is 1. The van der Waals surface area contributed by atoms with Crippen LogP contribution < -0.4 is 9.47 Å². The van der Waals surface area contributed by atoms with E-state index >= 15 is 0 Å². The summed E-state index contributed by atoms with van der Waals surface area (Å²) >= 11 is 6.67. The van der Waals surface area contributed by atoms with Crippen LogP contribution in [0.3, 0.4) is 0 Å². The van der Waals surface area contributed by atoms with Crippen LogP contribution >= 0.6 is 24.0 Å². The Morgan fingerprint density at radius 1 is 1.21 bits per heavy atom. The van der Waals surface area contributed by atoms with E-state index in [0.29, 0.717) is 33.7 Å². The monoisotopic (exact) mass is 437 g/mol. The van der Waals surface area contributed by atoms with E-state index in [2.05, 4.69) is 4.74 Å². The van der Waals surface area contributed by atoms with Crippen molar-refractivity contribution in [3.05, 3.63) is 28.7 Å². The summed E-state index contributed by atoms with van der Waals surface area (Å²) in [6.07, 6.45) is 4.61. The highest BCUT2D eigenvalue weighted by molar-refractivity contribution is 8.26. The van der Waals surface area contributed by atoms with Gasteiger partial charge < -0.3 is 14.2 Å². The molecule has 1 aliphatic rings. The predicted molar refractivity (Wildman–Crippen MR) is 119 cm³/mol. The van der Waals surface area contributed by atoms with Crippen LogP contribution in [0.2, 0.25) is 0 Å². The topological polar surface area (TPSA) is 65.1 Å². The molecule has 0 aliphatic carbocycles. The lowest BCUT2D eigenvalue weighted by molar-refractivity contribution is -0.140. The molecular formula is C21H27NO5S2. The molecule has 1 fully saturated rings. The Morgan fingerprint density at radius 3 is 2.62 bits per heavy atom. The Hall–Kier alpha value is -2.06. The zero-order chi connectivity index (χ0) is 21.4. The predicted octanol–water partition coefficient (Wildman–Crippen LogP) is 4.42. The van der Waals surface area contributed by atoms with Crippen molar-refractivity contribution in [3.8, 4) is 11.5 Å². The van der Waals surface area contributed by atoms with Gasteiger partial charge in [0, 0.05) is 13.0 Å². The van der Waals surface area contributed by atoms with Crippen molar-refractivity contribution in [1.29, 1.82) is 0 Å². The first-order valence-corrected chi connectivity index (χ1v) is 10.7. The molecule has 0 aromatic heterocycles. The summed E-state index contributed by atoms with van der Waals surface area (Å²) in [5.41, 5.74) is 0.844. The van der Waals surface area contributed by atoms with Gasteiger partial charge in [0.2, 0.25) is 0 Å². The van der Waals surface area contributed by atoms with Crippen LogP contribution in [-0.2, 0) is 14.3 Å². The second-order valence-electron chi connectivity index (χ2n) is 6.80. The molecule has 1 aliphatic heterocycles. The molecule has 0 atom stereocenters. The van der Waals surface area contributed by atoms with Crippen molar-refractivity contribution in [1.82, 2.24) is 4.90 Å². The number of esters is 1. The fourth-order valence-electron chi connectivity index (χ4n) is 2.79. The number of thioether (sulfide) groups is 1. The smallest absolute Gasteiger partial charge is 0.305 e.